The molecule has 3 rings (SSSR count). The van der Waals surface area contributed by atoms with Crippen LogP contribution in [0.5, 0.6) is 0 Å². The summed E-state index contributed by atoms with van der Waals surface area (Å²) in [5, 5.41) is 12.3. The zero-order chi connectivity index (χ0) is 15.5. The van der Waals surface area contributed by atoms with Crippen LogP contribution in [0.3, 0.4) is 0 Å². The Morgan fingerprint density at radius 3 is 2.45 bits per heavy atom. The Balaban J connectivity index is 1.57. The third-order valence-electron chi connectivity index (χ3n) is 4.17. The number of anilines is 1. The van der Waals surface area contributed by atoms with Crippen LogP contribution >= 0.6 is 0 Å². The predicted octanol–water partition coefficient (Wildman–Crippen LogP) is 1.67. The van der Waals surface area contributed by atoms with Gasteiger partial charge in [-0.25, -0.2) is 0 Å². The number of amides is 1. The van der Waals surface area contributed by atoms with E-state index < -0.39 is 4.92 Å². The number of hydrogen-bond acceptors (Lipinski definition) is 5. The van der Waals surface area contributed by atoms with Gasteiger partial charge in [0.2, 0.25) is 5.91 Å². The molecule has 2 heterocycles. The summed E-state index contributed by atoms with van der Waals surface area (Å²) >= 11 is 0. The van der Waals surface area contributed by atoms with Crippen molar-refractivity contribution in [1.29, 1.82) is 0 Å². The van der Waals surface area contributed by atoms with Gasteiger partial charge in [0.15, 0.2) is 0 Å². The number of nitro groups is 1. The number of nitrogens with zero attached hydrogens (tertiary/aromatic N) is 3. The van der Waals surface area contributed by atoms with Crippen molar-refractivity contribution in [3.8, 4) is 0 Å². The molecule has 1 fully saturated rings. The molecule has 1 saturated heterocycles. The largest absolute Gasteiger partial charge is 0.371 e. The molecule has 0 radical (unpaired) electrons. The maximum atomic E-state index is 12.3. The summed E-state index contributed by atoms with van der Waals surface area (Å²) in [5.41, 5.74) is 4.01. The van der Waals surface area contributed by atoms with Crippen molar-refractivity contribution >= 4 is 17.3 Å². The third kappa shape index (κ3) is 2.88. The fraction of sp³-hybridized carbons (Fsp3) is 0.400. The first kappa shape index (κ1) is 14.4. The summed E-state index contributed by atoms with van der Waals surface area (Å²) in [6, 6.07) is 6.58. The first-order valence-electron chi connectivity index (χ1n) is 7.37. The van der Waals surface area contributed by atoms with Gasteiger partial charge in [-0.2, -0.15) is 0 Å². The summed E-state index contributed by atoms with van der Waals surface area (Å²) in [4.78, 5) is 24.7. The summed E-state index contributed by atoms with van der Waals surface area (Å²) in [6.45, 7) is 2.20. The van der Waals surface area contributed by atoms with Gasteiger partial charge in [0.1, 0.15) is 0 Å². The molecular formula is C15H18N4O3. The fourth-order valence-electron chi connectivity index (χ4n) is 2.90. The number of rotatable bonds is 3. The van der Waals surface area contributed by atoms with Crippen LogP contribution in [0.4, 0.5) is 11.4 Å². The quantitative estimate of drug-likeness (QED) is 0.679. The van der Waals surface area contributed by atoms with E-state index in [4.69, 9.17) is 0 Å². The summed E-state index contributed by atoms with van der Waals surface area (Å²) in [6.07, 6.45) is 5.30. The van der Waals surface area contributed by atoms with E-state index in [1.807, 2.05) is 6.08 Å². The Morgan fingerprint density at radius 2 is 1.91 bits per heavy atom. The number of non-ortho nitro benzene ring substituents is 1. The van der Waals surface area contributed by atoms with Crippen molar-refractivity contribution in [1.82, 2.24) is 10.4 Å². The van der Waals surface area contributed by atoms with Gasteiger partial charge in [-0.05, 0) is 31.1 Å². The molecule has 0 spiro atoms. The van der Waals surface area contributed by atoms with E-state index in [1.54, 1.807) is 23.3 Å². The van der Waals surface area contributed by atoms with Crippen molar-refractivity contribution in [3.05, 3.63) is 46.7 Å². The van der Waals surface area contributed by atoms with E-state index >= 15 is 0 Å². The molecule has 116 valence electrons. The minimum Gasteiger partial charge on any atom is -0.371 e. The SMILES string of the molecule is O=C(C1CCN(c2ccc([N+](=O)[O-])cc2)CC1)N1CC=CN1. The van der Waals surface area contributed by atoms with Crippen LogP contribution in [0.25, 0.3) is 0 Å². The molecule has 1 aromatic carbocycles. The molecule has 2 aliphatic heterocycles. The van der Waals surface area contributed by atoms with Crippen LogP contribution in [0.15, 0.2) is 36.5 Å². The first-order chi connectivity index (χ1) is 10.6. The molecule has 0 bridgehead atoms. The maximum absolute atomic E-state index is 12.3. The van der Waals surface area contributed by atoms with E-state index in [-0.39, 0.29) is 17.5 Å². The van der Waals surface area contributed by atoms with Crippen molar-refractivity contribution in [3.63, 3.8) is 0 Å². The van der Waals surface area contributed by atoms with Crippen molar-refractivity contribution in [2.24, 2.45) is 5.92 Å². The number of hydrazine groups is 1. The predicted molar refractivity (Wildman–Crippen MR) is 82.0 cm³/mol. The van der Waals surface area contributed by atoms with Crippen molar-refractivity contribution < 1.29 is 9.72 Å². The van der Waals surface area contributed by atoms with Gasteiger partial charge in [0, 0.05) is 43.0 Å². The van der Waals surface area contributed by atoms with Crippen molar-refractivity contribution in [2.45, 2.75) is 12.8 Å². The van der Waals surface area contributed by atoms with Crippen molar-refractivity contribution in [2.75, 3.05) is 24.5 Å². The molecule has 0 saturated carbocycles. The molecular weight excluding hydrogens is 284 g/mol. The maximum Gasteiger partial charge on any atom is 0.269 e. The molecule has 1 N–H and O–H groups in total. The summed E-state index contributed by atoms with van der Waals surface area (Å²) < 4.78 is 0. The van der Waals surface area contributed by atoms with E-state index in [9.17, 15) is 14.9 Å². The third-order valence-corrected chi connectivity index (χ3v) is 4.17. The molecule has 0 unspecified atom stereocenters. The van der Waals surface area contributed by atoms with E-state index in [1.165, 1.54) is 12.1 Å². The molecule has 0 atom stereocenters. The average Bonchev–Trinajstić information content (AvgIpc) is 3.09. The van der Waals surface area contributed by atoms with Crippen LogP contribution in [-0.2, 0) is 4.79 Å². The molecule has 1 aromatic rings. The lowest BCUT2D eigenvalue weighted by Gasteiger charge is -2.34. The molecule has 22 heavy (non-hydrogen) atoms. The van der Waals surface area contributed by atoms with Crippen LogP contribution in [0.2, 0.25) is 0 Å². The molecule has 7 nitrogen and oxygen atoms in total. The lowest BCUT2D eigenvalue weighted by Crippen LogP contribution is -2.45. The summed E-state index contributed by atoms with van der Waals surface area (Å²) in [7, 11) is 0. The van der Waals surface area contributed by atoms with Gasteiger partial charge >= 0.3 is 0 Å². The van der Waals surface area contributed by atoms with Gasteiger partial charge in [-0.15, -0.1) is 0 Å². The Bertz CT molecular complexity index is 583. The normalized spacial score (nSPS) is 18.4. The van der Waals surface area contributed by atoms with E-state index in [0.717, 1.165) is 31.6 Å². The lowest BCUT2D eigenvalue weighted by molar-refractivity contribution is -0.384. The van der Waals surface area contributed by atoms with Gasteiger partial charge in [0.05, 0.1) is 11.5 Å². The van der Waals surface area contributed by atoms with Crippen LogP contribution in [-0.4, -0.2) is 35.5 Å². The second-order valence-electron chi connectivity index (χ2n) is 5.52. The Hall–Kier alpha value is -2.57. The zero-order valence-corrected chi connectivity index (χ0v) is 12.1. The highest BCUT2D eigenvalue weighted by Gasteiger charge is 2.29. The van der Waals surface area contributed by atoms with Crippen LogP contribution < -0.4 is 10.3 Å². The molecule has 7 heteroatoms. The summed E-state index contributed by atoms with van der Waals surface area (Å²) in [5.74, 6) is 0.190. The number of carbonyl (C=O) groups is 1. The Labute approximate surface area is 128 Å². The second kappa shape index (κ2) is 6.05. The standard InChI is InChI=1S/C15H18N4O3/c20-15(18-9-1-8-16-18)12-6-10-17(11-7-12)13-2-4-14(5-3-13)19(21)22/h1-5,8,12,16H,6-7,9-11H2. The minimum absolute atomic E-state index is 0.0432. The van der Waals surface area contributed by atoms with Crippen LogP contribution in [0.1, 0.15) is 12.8 Å². The number of benzene rings is 1. The molecule has 0 aromatic heterocycles. The molecule has 0 aliphatic carbocycles. The number of nitro benzene ring substituents is 1. The zero-order valence-electron chi connectivity index (χ0n) is 12.1. The topological polar surface area (TPSA) is 78.7 Å². The van der Waals surface area contributed by atoms with Gasteiger partial charge in [-0.3, -0.25) is 19.9 Å². The monoisotopic (exact) mass is 302 g/mol. The molecule has 1 amide bonds. The lowest BCUT2D eigenvalue weighted by atomic mass is 9.95. The fourth-order valence-corrected chi connectivity index (χ4v) is 2.90. The number of nitrogens with one attached hydrogen (secondary N) is 1. The smallest absolute Gasteiger partial charge is 0.269 e. The molecule has 2 aliphatic rings. The second-order valence-corrected chi connectivity index (χ2v) is 5.52. The average molecular weight is 302 g/mol. The van der Waals surface area contributed by atoms with Crippen LogP contribution in [0, 0.1) is 16.0 Å². The highest BCUT2D eigenvalue weighted by molar-refractivity contribution is 5.79. The van der Waals surface area contributed by atoms with Gasteiger partial charge in [-0.1, -0.05) is 0 Å². The number of carbonyl (C=O) groups excluding carboxylic acids is 1. The van der Waals surface area contributed by atoms with Gasteiger partial charge in [0.25, 0.3) is 5.69 Å². The highest BCUT2D eigenvalue weighted by atomic mass is 16.6. The Kier molecular flexibility index (Phi) is 3.95. The number of hydrogen-bond donors (Lipinski definition) is 1. The van der Waals surface area contributed by atoms with E-state index in [2.05, 4.69) is 10.3 Å². The highest BCUT2D eigenvalue weighted by Crippen LogP contribution is 2.26. The Morgan fingerprint density at radius 1 is 1.23 bits per heavy atom. The minimum atomic E-state index is -0.397. The van der Waals surface area contributed by atoms with E-state index in [0.29, 0.717) is 6.54 Å². The number of piperidine rings is 1. The van der Waals surface area contributed by atoms with Gasteiger partial charge < -0.3 is 10.3 Å². The first-order valence-corrected chi connectivity index (χ1v) is 7.37.